The smallest absolute Gasteiger partial charge is 0.426 e. The van der Waals surface area contributed by atoms with Crippen molar-refractivity contribution in [2.75, 3.05) is 12.4 Å². The van der Waals surface area contributed by atoms with Gasteiger partial charge in [0.25, 0.3) is 5.91 Å². The van der Waals surface area contributed by atoms with Gasteiger partial charge in [-0.25, -0.2) is 15.0 Å². The summed E-state index contributed by atoms with van der Waals surface area (Å²) in [7, 11) is 1.21. The van der Waals surface area contributed by atoms with E-state index in [9.17, 15) is 19.2 Å². The Morgan fingerprint density at radius 1 is 0.838 bits per heavy atom. The third kappa shape index (κ3) is 7.41. The fourth-order valence-corrected chi connectivity index (χ4v) is 3.44. The average Bonchev–Trinajstić information content (AvgIpc) is 2.85. The molecule has 0 unspecified atom stereocenters. The van der Waals surface area contributed by atoms with Crippen LogP contribution < -0.4 is 16.2 Å². The zero-order chi connectivity index (χ0) is 27.2. The molecule has 0 saturated carbocycles. The van der Waals surface area contributed by atoms with Crippen LogP contribution in [0.4, 0.5) is 10.5 Å². The molecule has 0 spiro atoms. The molecule has 0 aliphatic carbocycles. The normalized spacial score (nSPS) is 11.4. The quantitative estimate of drug-likeness (QED) is 0.260. The molecule has 0 saturated heterocycles. The molecular weight excluding hydrogens is 474 g/mol. The summed E-state index contributed by atoms with van der Waals surface area (Å²) in [6, 6.07) is 17.8. The molecule has 3 amide bonds. The van der Waals surface area contributed by atoms with Crippen molar-refractivity contribution < 1.29 is 28.7 Å². The average molecular weight is 504 g/mol. The minimum Gasteiger partial charge on any atom is -0.465 e. The molecule has 3 rings (SSSR count). The number of methoxy groups -OCH3 is 1. The molecule has 9 heteroatoms. The molecule has 0 fully saturated rings. The first-order valence-corrected chi connectivity index (χ1v) is 11.5. The zero-order valence-corrected chi connectivity index (χ0v) is 21.3. The van der Waals surface area contributed by atoms with E-state index in [-0.39, 0.29) is 16.8 Å². The maximum absolute atomic E-state index is 12.8. The van der Waals surface area contributed by atoms with Crippen LogP contribution in [-0.2, 0) is 14.3 Å². The maximum Gasteiger partial charge on any atom is 0.426 e. The number of anilines is 1. The summed E-state index contributed by atoms with van der Waals surface area (Å²) in [5.41, 5.74) is 5.42. The summed E-state index contributed by atoms with van der Waals surface area (Å²) in [5.74, 6) is -1.87. The number of hydrogen-bond acceptors (Lipinski definition) is 6. The van der Waals surface area contributed by atoms with E-state index in [1.165, 1.54) is 31.4 Å². The van der Waals surface area contributed by atoms with Crippen molar-refractivity contribution >= 4 is 45.9 Å². The third-order valence-electron chi connectivity index (χ3n) is 5.17. The highest BCUT2D eigenvalue weighted by molar-refractivity contribution is 6.09. The van der Waals surface area contributed by atoms with Crippen LogP contribution in [0.1, 0.15) is 54.0 Å². The monoisotopic (exact) mass is 503 g/mol. The minimum atomic E-state index is -0.838. The number of allylic oxidation sites excluding steroid dienone is 1. The lowest BCUT2D eigenvalue weighted by atomic mass is 10.0. The summed E-state index contributed by atoms with van der Waals surface area (Å²) in [6.45, 7) is 6.86. The Labute approximate surface area is 214 Å². The number of amides is 3. The molecule has 9 nitrogen and oxygen atoms in total. The van der Waals surface area contributed by atoms with Crippen LogP contribution in [0.15, 0.2) is 66.7 Å². The number of fused-ring (bicyclic) bond motifs is 1. The number of ether oxygens (including phenoxy) is 2. The summed E-state index contributed by atoms with van der Waals surface area (Å²) < 4.78 is 9.87. The molecule has 3 aromatic carbocycles. The molecule has 3 aromatic rings. The molecule has 0 radical (unpaired) electrons. The number of hydrogen-bond donors (Lipinski definition) is 3. The van der Waals surface area contributed by atoms with Gasteiger partial charge in [0.1, 0.15) is 5.60 Å². The number of carbonyl (C=O) groups is 4. The third-order valence-corrected chi connectivity index (χ3v) is 5.17. The van der Waals surface area contributed by atoms with E-state index in [0.717, 1.165) is 16.3 Å². The number of esters is 1. The fourth-order valence-electron chi connectivity index (χ4n) is 3.44. The molecule has 0 bridgehead atoms. The second-order valence-electron chi connectivity index (χ2n) is 9.21. The van der Waals surface area contributed by atoms with Crippen LogP contribution in [0.25, 0.3) is 16.3 Å². The van der Waals surface area contributed by atoms with E-state index in [4.69, 9.17) is 9.47 Å². The van der Waals surface area contributed by atoms with Gasteiger partial charge < -0.3 is 14.8 Å². The van der Waals surface area contributed by atoms with Crippen LogP contribution in [0.2, 0.25) is 0 Å². The van der Waals surface area contributed by atoms with Crippen LogP contribution in [0.5, 0.6) is 0 Å². The largest absolute Gasteiger partial charge is 0.465 e. The SMILES string of the molecule is COC(=O)c1ccc(C(=O)NNC(=O)OC(C)(C)C)cc1NC(=O)/C=C(/C)c1ccc2ccccc2c1. The summed E-state index contributed by atoms with van der Waals surface area (Å²) >= 11 is 0. The molecule has 0 aromatic heterocycles. The molecule has 0 heterocycles. The van der Waals surface area contributed by atoms with Crippen LogP contribution >= 0.6 is 0 Å². The Bertz CT molecular complexity index is 1390. The van der Waals surface area contributed by atoms with Gasteiger partial charge in [0.2, 0.25) is 5.91 Å². The van der Waals surface area contributed by atoms with Crippen molar-refractivity contribution in [3.63, 3.8) is 0 Å². The first kappa shape index (κ1) is 26.9. The van der Waals surface area contributed by atoms with Crippen LogP contribution in [-0.4, -0.2) is 36.6 Å². The van der Waals surface area contributed by atoms with Gasteiger partial charge in [0.15, 0.2) is 0 Å². The van der Waals surface area contributed by atoms with Gasteiger partial charge in [-0.15, -0.1) is 0 Å². The first-order chi connectivity index (χ1) is 17.5. The lowest BCUT2D eigenvalue weighted by molar-refractivity contribution is -0.111. The van der Waals surface area contributed by atoms with Gasteiger partial charge in [-0.3, -0.25) is 15.0 Å². The number of carbonyl (C=O) groups excluding carboxylic acids is 4. The number of hydrazine groups is 1. The van der Waals surface area contributed by atoms with Crippen LogP contribution in [0, 0.1) is 0 Å². The van der Waals surface area contributed by atoms with Gasteiger partial charge in [0, 0.05) is 11.6 Å². The maximum atomic E-state index is 12.8. The molecule has 0 aliphatic heterocycles. The van der Waals surface area contributed by atoms with E-state index in [0.29, 0.717) is 5.57 Å². The van der Waals surface area contributed by atoms with E-state index in [2.05, 4.69) is 16.2 Å². The Balaban J connectivity index is 1.79. The Morgan fingerprint density at radius 3 is 2.19 bits per heavy atom. The van der Waals surface area contributed by atoms with Crippen molar-refractivity contribution in [1.29, 1.82) is 0 Å². The van der Waals surface area contributed by atoms with Gasteiger partial charge in [-0.2, -0.15) is 0 Å². The lowest BCUT2D eigenvalue weighted by Crippen LogP contribution is -2.44. The zero-order valence-electron chi connectivity index (χ0n) is 21.3. The van der Waals surface area contributed by atoms with E-state index >= 15 is 0 Å². The van der Waals surface area contributed by atoms with Crippen molar-refractivity contribution in [2.45, 2.75) is 33.3 Å². The van der Waals surface area contributed by atoms with Gasteiger partial charge in [-0.1, -0.05) is 36.4 Å². The minimum absolute atomic E-state index is 0.0595. The van der Waals surface area contributed by atoms with Gasteiger partial charge in [0.05, 0.1) is 18.4 Å². The highest BCUT2D eigenvalue weighted by atomic mass is 16.6. The predicted octanol–water partition coefficient (Wildman–Crippen LogP) is 4.84. The van der Waals surface area contributed by atoms with E-state index in [1.807, 2.05) is 42.5 Å². The van der Waals surface area contributed by atoms with Gasteiger partial charge >= 0.3 is 12.1 Å². The molecule has 192 valence electrons. The highest BCUT2D eigenvalue weighted by Gasteiger charge is 2.19. The number of nitrogens with one attached hydrogen (secondary N) is 3. The first-order valence-electron chi connectivity index (χ1n) is 11.5. The lowest BCUT2D eigenvalue weighted by Gasteiger charge is -2.19. The fraction of sp³-hybridized carbons (Fsp3) is 0.214. The molecule has 3 N–H and O–H groups in total. The second-order valence-corrected chi connectivity index (χ2v) is 9.21. The Kier molecular flexibility index (Phi) is 8.29. The molecular formula is C28H29N3O6. The van der Waals surface area contributed by atoms with Crippen LogP contribution in [0.3, 0.4) is 0 Å². The number of rotatable bonds is 5. The Morgan fingerprint density at radius 2 is 1.51 bits per heavy atom. The summed E-state index contributed by atoms with van der Waals surface area (Å²) in [4.78, 5) is 49.4. The molecule has 0 aliphatic rings. The Hall–Kier alpha value is -4.66. The van der Waals surface area contributed by atoms with Gasteiger partial charge in [-0.05, 0) is 73.9 Å². The van der Waals surface area contributed by atoms with E-state index < -0.39 is 29.5 Å². The van der Waals surface area contributed by atoms with E-state index in [1.54, 1.807) is 27.7 Å². The second kappa shape index (κ2) is 11.4. The number of benzene rings is 3. The highest BCUT2D eigenvalue weighted by Crippen LogP contribution is 2.23. The topological polar surface area (TPSA) is 123 Å². The molecule has 37 heavy (non-hydrogen) atoms. The van der Waals surface area contributed by atoms with Crippen molar-refractivity contribution in [2.24, 2.45) is 0 Å². The van der Waals surface area contributed by atoms with Crippen molar-refractivity contribution in [1.82, 2.24) is 10.9 Å². The standard InChI is InChI=1S/C28H29N3O6/c1-17(19-11-10-18-8-6-7-9-20(18)15-19)14-24(32)29-23-16-21(12-13-22(23)26(34)36-5)25(33)30-31-27(35)37-28(2,3)4/h6-16H,1-5H3,(H,29,32)(H,30,33)(H,31,35)/b17-14-. The van der Waals surface area contributed by atoms with Crippen molar-refractivity contribution in [3.8, 4) is 0 Å². The molecule has 0 atom stereocenters. The predicted molar refractivity (Wildman–Crippen MR) is 141 cm³/mol. The summed E-state index contributed by atoms with van der Waals surface area (Å²) in [5, 5.41) is 4.77. The van der Waals surface area contributed by atoms with Crippen molar-refractivity contribution in [3.05, 3.63) is 83.4 Å². The summed E-state index contributed by atoms with van der Waals surface area (Å²) in [6.07, 6.45) is 0.567.